The maximum absolute atomic E-state index is 10.9. The molecule has 1 saturated carbocycles. The van der Waals surface area contributed by atoms with Crippen molar-refractivity contribution in [3.63, 3.8) is 0 Å². The van der Waals surface area contributed by atoms with E-state index in [2.05, 4.69) is 15.0 Å². The third kappa shape index (κ3) is 4.04. The number of likely N-dealkylation sites (tertiary alicyclic amines) is 1. The number of aromatic nitrogens is 2. The number of benzene rings is 1. The van der Waals surface area contributed by atoms with Crippen molar-refractivity contribution in [2.75, 3.05) is 19.6 Å². The maximum Gasteiger partial charge on any atom is 0.335 e. The van der Waals surface area contributed by atoms with Gasteiger partial charge in [0.05, 0.1) is 5.56 Å². The average Bonchev–Trinajstić information content (AvgIpc) is 3.35. The molecule has 144 valence electrons. The molecule has 1 aromatic heterocycles. The molecule has 1 aromatic carbocycles. The van der Waals surface area contributed by atoms with E-state index in [4.69, 9.17) is 15.4 Å². The zero-order valence-electron chi connectivity index (χ0n) is 15.4. The van der Waals surface area contributed by atoms with E-state index in [1.165, 1.54) is 0 Å². The smallest absolute Gasteiger partial charge is 0.335 e. The number of piperidine rings is 1. The van der Waals surface area contributed by atoms with Crippen LogP contribution < -0.4 is 5.73 Å². The summed E-state index contributed by atoms with van der Waals surface area (Å²) in [6.07, 6.45) is 5.18. The Morgan fingerprint density at radius 3 is 2.56 bits per heavy atom. The van der Waals surface area contributed by atoms with Crippen LogP contribution in [0.2, 0.25) is 0 Å². The Balaban J connectivity index is 1.26. The van der Waals surface area contributed by atoms with Crippen molar-refractivity contribution in [3.8, 4) is 0 Å². The predicted molar refractivity (Wildman–Crippen MR) is 99.4 cm³/mol. The average molecular weight is 370 g/mol. The molecule has 2 aliphatic rings. The van der Waals surface area contributed by atoms with Crippen LogP contribution in [0, 0.1) is 5.92 Å². The van der Waals surface area contributed by atoms with E-state index >= 15 is 0 Å². The minimum absolute atomic E-state index is 0.0126. The molecule has 0 amide bonds. The maximum atomic E-state index is 10.9. The summed E-state index contributed by atoms with van der Waals surface area (Å²) in [6.45, 7) is 3.51. The van der Waals surface area contributed by atoms with E-state index in [1.807, 2.05) is 12.1 Å². The van der Waals surface area contributed by atoms with Gasteiger partial charge in [-0.2, -0.15) is 4.98 Å². The lowest BCUT2D eigenvalue weighted by Crippen LogP contribution is -2.33. The van der Waals surface area contributed by atoms with Crippen LogP contribution in [0.5, 0.6) is 0 Å². The van der Waals surface area contributed by atoms with E-state index in [0.29, 0.717) is 18.0 Å². The van der Waals surface area contributed by atoms with Crippen molar-refractivity contribution in [1.82, 2.24) is 15.0 Å². The van der Waals surface area contributed by atoms with Gasteiger partial charge >= 0.3 is 5.97 Å². The van der Waals surface area contributed by atoms with Crippen molar-refractivity contribution in [2.45, 2.75) is 44.1 Å². The lowest BCUT2D eigenvalue weighted by Gasteiger charge is -2.31. The number of nitrogens with zero attached hydrogens (tertiary/aromatic N) is 3. The fourth-order valence-electron chi connectivity index (χ4n) is 3.83. The zero-order valence-corrected chi connectivity index (χ0v) is 15.4. The summed E-state index contributed by atoms with van der Waals surface area (Å²) in [7, 11) is 0. The monoisotopic (exact) mass is 370 g/mol. The highest BCUT2D eigenvalue weighted by molar-refractivity contribution is 5.87. The molecule has 3 N–H and O–H groups in total. The Labute approximate surface area is 158 Å². The molecule has 0 atom stereocenters. The number of carboxylic acid groups (broad SMARTS) is 1. The Bertz CT molecular complexity index is 790. The van der Waals surface area contributed by atoms with Crippen LogP contribution in [0.25, 0.3) is 0 Å². The summed E-state index contributed by atoms with van der Waals surface area (Å²) < 4.78 is 5.47. The molecule has 2 fully saturated rings. The first kappa shape index (κ1) is 18.1. The third-order valence-corrected chi connectivity index (χ3v) is 5.96. The molecule has 1 saturated heterocycles. The highest BCUT2D eigenvalue weighted by atomic mass is 16.5. The van der Waals surface area contributed by atoms with Gasteiger partial charge in [0.1, 0.15) is 0 Å². The molecular weight excluding hydrogens is 344 g/mol. The second kappa shape index (κ2) is 7.40. The number of carbonyl (C=O) groups is 1. The second-order valence-corrected chi connectivity index (χ2v) is 7.92. The summed E-state index contributed by atoms with van der Waals surface area (Å²) in [5.41, 5.74) is 7.31. The lowest BCUT2D eigenvalue weighted by molar-refractivity contribution is 0.0697. The van der Waals surface area contributed by atoms with Crippen molar-refractivity contribution in [3.05, 3.63) is 47.1 Å². The van der Waals surface area contributed by atoms with Gasteiger partial charge in [0, 0.05) is 24.9 Å². The van der Waals surface area contributed by atoms with Crippen LogP contribution in [0.1, 0.15) is 53.3 Å². The van der Waals surface area contributed by atoms with Gasteiger partial charge in [0.15, 0.2) is 5.82 Å². The minimum Gasteiger partial charge on any atom is -0.478 e. The molecule has 7 heteroatoms. The van der Waals surface area contributed by atoms with Crippen LogP contribution >= 0.6 is 0 Å². The van der Waals surface area contributed by atoms with Gasteiger partial charge in [-0.1, -0.05) is 17.3 Å². The molecule has 27 heavy (non-hydrogen) atoms. The van der Waals surface area contributed by atoms with Crippen molar-refractivity contribution in [2.24, 2.45) is 11.7 Å². The largest absolute Gasteiger partial charge is 0.478 e. The van der Waals surface area contributed by atoms with Gasteiger partial charge in [0.25, 0.3) is 0 Å². The summed E-state index contributed by atoms with van der Waals surface area (Å²) in [6, 6.07) is 7.15. The third-order valence-electron chi connectivity index (χ3n) is 5.96. The van der Waals surface area contributed by atoms with Gasteiger partial charge in [0.2, 0.25) is 5.89 Å². The van der Waals surface area contributed by atoms with E-state index in [1.54, 1.807) is 12.1 Å². The molecule has 7 nitrogen and oxygen atoms in total. The molecule has 1 aliphatic heterocycles. The lowest BCUT2D eigenvalue weighted by atomic mass is 9.93. The predicted octanol–water partition coefficient (Wildman–Crippen LogP) is 2.21. The summed E-state index contributed by atoms with van der Waals surface area (Å²) >= 11 is 0. The highest BCUT2D eigenvalue weighted by Gasteiger charge is 2.47. The summed E-state index contributed by atoms with van der Waals surface area (Å²) in [5.74, 6) is 1.22. The molecular formula is C20H26N4O3. The Hall–Kier alpha value is -2.25. The topological polar surface area (TPSA) is 105 Å². The standard InChI is InChI=1S/C20H26N4O3/c21-13-20(7-8-20)19-22-17(27-23-19)11-14-5-9-24(10-6-14)12-15-1-3-16(4-2-15)18(25)26/h1-4,14H,5-13,21H2,(H,25,26). The number of nitrogens with two attached hydrogens (primary N) is 1. The highest BCUT2D eigenvalue weighted by Crippen LogP contribution is 2.45. The SMILES string of the molecule is NCC1(c2noc(CC3CCN(Cc4ccc(C(=O)O)cc4)CC3)n2)CC1. The number of rotatable bonds is 7. The Kier molecular flexibility index (Phi) is 4.97. The normalized spacial score (nSPS) is 19.9. The Morgan fingerprint density at radius 1 is 1.26 bits per heavy atom. The summed E-state index contributed by atoms with van der Waals surface area (Å²) in [5, 5.41) is 13.1. The van der Waals surface area contributed by atoms with Gasteiger partial charge < -0.3 is 15.4 Å². The molecule has 0 spiro atoms. The van der Waals surface area contributed by atoms with Gasteiger partial charge in [-0.05, 0) is 62.4 Å². The van der Waals surface area contributed by atoms with Crippen LogP contribution in [-0.4, -0.2) is 45.8 Å². The molecule has 1 aliphatic carbocycles. The minimum atomic E-state index is -0.884. The van der Waals surface area contributed by atoms with Crippen molar-refractivity contribution in [1.29, 1.82) is 0 Å². The van der Waals surface area contributed by atoms with Crippen LogP contribution in [0.3, 0.4) is 0 Å². The first-order valence-corrected chi connectivity index (χ1v) is 9.66. The fourth-order valence-corrected chi connectivity index (χ4v) is 3.83. The van der Waals surface area contributed by atoms with Crippen LogP contribution in [-0.2, 0) is 18.4 Å². The molecule has 0 radical (unpaired) electrons. The van der Waals surface area contributed by atoms with E-state index in [9.17, 15) is 4.79 Å². The molecule has 0 unspecified atom stereocenters. The number of carboxylic acids is 1. The van der Waals surface area contributed by atoms with Crippen LogP contribution in [0.4, 0.5) is 0 Å². The van der Waals surface area contributed by atoms with Gasteiger partial charge in [-0.3, -0.25) is 4.90 Å². The summed E-state index contributed by atoms with van der Waals surface area (Å²) in [4.78, 5) is 17.9. The van der Waals surface area contributed by atoms with Gasteiger partial charge in [-0.15, -0.1) is 0 Å². The van der Waals surface area contributed by atoms with Crippen molar-refractivity contribution >= 4 is 5.97 Å². The molecule has 2 heterocycles. The molecule has 0 bridgehead atoms. The number of hydrogen-bond acceptors (Lipinski definition) is 6. The number of hydrogen-bond donors (Lipinski definition) is 2. The zero-order chi connectivity index (χ0) is 18.9. The van der Waals surface area contributed by atoms with E-state index < -0.39 is 5.97 Å². The van der Waals surface area contributed by atoms with Crippen molar-refractivity contribution < 1.29 is 14.4 Å². The Morgan fingerprint density at radius 2 is 1.96 bits per heavy atom. The second-order valence-electron chi connectivity index (χ2n) is 7.92. The van der Waals surface area contributed by atoms with Crippen LogP contribution in [0.15, 0.2) is 28.8 Å². The number of aromatic carboxylic acids is 1. The van der Waals surface area contributed by atoms with E-state index in [0.717, 1.165) is 69.0 Å². The fraction of sp³-hybridized carbons (Fsp3) is 0.550. The molecule has 4 rings (SSSR count). The quantitative estimate of drug-likeness (QED) is 0.770. The first-order valence-electron chi connectivity index (χ1n) is 9.66. The van der Waals surface area contributed by atoms with Gasteiger partial charge in [-0.25, -0.2) is 4.79 Å². The first-order chi connectivity index (χ1) is 13.1. The van der Waals surface area contributed by atoms with E-state index in [-0.39, 0.29) is 5.41 Å². The molecule has 2 aromatic rings.